The minimum atomic E-state index is 0.236. The van der Waals surface area contributed by atoms with Crippen LogP contribution in [0.15, 0.2) is 10.9 Å². The van der Waals surface area contributed by atoms with E-state index in [1.807, 2.05) is 0 Å². The lowest BCUT2D eigenvalue weighted by atomic mass is 10.6. The number of nitrogens with zero attached hydrogens (tertiary/aromatic N) is 6. The first-order chi connectivity index (χ1) is 7.22. The standard InChI is InChI=1S/C6H4BrClN6O/c1-15-5-4(9-2-3(8)10-5)14-6(7)11-12-13-14/h2H,1H3. The summed E-state index contributed by atoms with van der Waals surface area (Å²) < 4.78 is 6.75. The Morgan fingerprint density at radius 3 is 2.93 bits per heavy atom. The highest BCUT2D eigenvalue weighted by Gasteiger charge is 2.14. The van der Waals surface area contributed by atoms with Crippen molar-refractivity contribution in [2.75, 3.05) is 7.11 Å². The molecule has 0 aliphatic rings. The van der Waals surface area contributed by atoms with Gasteiger partial charge in [-0.15, -0.1) is 5.10 Å². The summed E-state index contributed by atoms with van der Waals surface area (Å²) in [6.45, 7) is 0. The van der Waals surface area contributed by atoms with E-state index in [1.54, 1.807) is 0 Å². The van der Waals surface area contributed by atoms with Crippen LogP contribution in [0.4, 0.5) is 0 Å². The van der Waals surface area contributed by atoms with Crippen molar-refractivity contribution in [3.05, 3.63) is 16.1 Å². The van der Waals surface area contributed by atoms with E-state index in [0.717, 1.165) is 0 Å². The van der Waals surface area contributed by atoms with Crippen molar-refractivity contribution >= 4 is 27.5 Å². The smallest absolute Gasteiger partial charge is 0.261 e. The molecule has 2 aromatic heterocycles. The van der Waals surface area contributed by atoms with Gasteiger partial charge in [-0.2, -0.15) is 9.67 Å². The summed E-state index contributed by atoms with van der Waals surface area (Å²) in [6.07, 6.45) is 1.38. The molecule has 9 heteroatoms. The van der Waals surface area contributed by atoms with Crippen molar-refractivity contribution in [3.8, 4) is 11.7 Å². The number of halogens is 2. The van der Waals surface area contributed by atoms with Gasteiger partial charge in [0.05, 0.1) is 13.3 Å². The first-order valence-corrected chi connectivity index (χ1v) is 4.90. The predicted molar refractivity (Wildman–Crippen MR) is 54.0 cm³/mol. The van der Waals surface area contributed by atoms with E-state index in [2.05, 4.69) is 41.4 Å². The van der Waals surface area contributed by atoms with Crippen molar-refractivity contribution in [3.63, 3.8) is 0 Å². The van der Waals surface area contributed by atoms with E-state index in [9.17, 15) is 0 Å². The third-order valence-electron chi connectivity index (χ3n) is 1.52. The maximum atomic E-state index is 5.67. The Hall–Kier alpha value is -1.28. The highest BCUT2D eigenvalue weighted by atomic mass is 79.9. The molecule has 0 unspecified atom stereocenters. The van der Waals surface area contributed by atoms with Gasteiger partial charge in [-0.25, -0.2) is 4.98 Å². The number of hydrogen-bond donors (Lipinski definition) is 0. The minimum Gasteiger partial charge on any atom is -0.478 e. The fourth-order valence-electron chi connectivity index (χ4n) is 0.934. The average molecular weight is 291 g/mol. The quantitative estimate of drug-likeness (QED) is 0.817. The maximum Gasteiger partial charge on any atom is 0.261 e. The number of ether oxygens (including phenoxy) is 1. The molecule has 2 aromatic rings. The predicted octanol–water partition coefficient (Wildman–Crippen LogP) is 0.877. The first-order valence-electron chi connectivity index (χ1n) is 3.73. The summed E-state index contributed by atoms with van der Waals surface area (Å²) in [5.41, 5.74) is 0. The Balaban J connectivity index is 2.58. The zero-order chi connectivity index (χ0) is 10.8. The second kappa shape index (κ2) is 4.07. The van der Waals surface area contributed by atoms with E-state index in [0.29, 0.717) is 10.6 Å². The van der Waals surface area contributed by atoms with Crippen LogP contribution in [0.1, 0.15) is 0 Å². The van der Waals surface area contributed by atoms with E-state index in [1.165, 1.54) is 18.0 Å². The lowest BCUT2D eigenvalue weighted by Gasteiger charge is -2.05. The van der Waals surface area contributed by atoms with Gasteiger partial charge in [0, 0.05) is 0 Å². The molecule has 78 valence electrons. The normalized spacial score (nSPS) is 10.3. The number of hydrogen-bond acceptors (Lipinski definition) is 6. The molecule has 0 saturated carbocycles. The fourth-order valence-corrected chi connectivity index (χ4v) is 1.37. The molecule has 0 aliphatic carbocycles. The Morgan fingerprint density at radius 2 is 2.33 bits per heavy atom. The van der Waals surface area contributed by atoms with Gasteiger partial charge >= 0.3 is 0 Å². The summed E-state index contributed by atoms with van der Waals surface area (Å²) in [4.78, 5) is 7.96. The van der Waals surface area contributed by atoms with Gasteiger partial charge in [-0.1, -0.05) is 11.6 Å². The van der Waals surface area contributed by atoms with Crippen LogP contribution >= 0.6 is 27.5 Å². The third-order valence-corrected chi connectivity index (χ3v) is 2.20. The van der Waals surface area contributed by atoms with Crippen molar-refractivity contribution in [1.82, 2.24) is 30.2 Å². The zero-order valence-electron chi connectivity index (χ0n) is 7.42. The highest BCUT2D eigenvalue weighted by Crippen LogP contribution is 2.20. The van der Waals surface area contributed by atoms with E-state index in [4.69, 9.17) is 16.3 Å². The van der Waals surface area contributed by atoms with E-state index < -0.39 is 0 Å². The largest absolute Gasteiger partial charge is 0.478 e. The van der Waals surface area contributed by atoms with Crippen LogP contribution in [0.5, 0.6) is 5.88 Å². The number of methoxy groups -OCH3 is 1. The molecule has 0 spiro atoms. The van der Waals surface area contributed by atoms with Gasteiger partial charge in [0.1, 0.15) is 0 Å². The second-order valence-corrected chi connectivity index (χ2v) is 3.48. The van der Waals surface area contributed by atoms with Crippen LogP contribution in [-0.2, 0) is 0 Å². The molecule has 2 heterocycles. The molecule has 0 aromatic carbocycles. The molecule has 0 aliphatic heterocycles. The molecule has 0 bridgehead atoms. The van der Waals surface area contributed by atoms with E-state index in [-0.39, 0.29) is 11.0 Å². The number of aromatic nitrogens is 6. The molecule has 0 N–H and O–H groups in total. The van der Waals surface area contributed by atoms with Gasteiger partial charge in [0.25, 0.3) is 5.88 Å². The Labute approximate surface area is 97.6 Å². The highest BCUT2D eigenvalue weighted by molar-refractivity contribution is 9.10. The van der Waals surface area contributed by atoms with Crippen LogP contribution < -0.4 is 4.74 Å². The molecule has 0 saturated heterocycles. The molecule has 15 heavy (non-hydrogen) atoms. The lowest BCUT2D eigenvalue weighted by Crippen LogP contribution is -2.05. The van der Waals surface area contributed by atoms with Crippen molar-refractivity contribution in [1.29, 1.82) is 0 Å². The van der Waals surface area contributed by atoms with Crippen molar-refractivity contribution in [2.24, 2.45) is 0 Å². The molecule has 2 rings (SSSR count). The lowest BCUT2D eigenvalue weighted by molar-refractivity contribution is 0.391. The maximum absolute atomic E-state index is 5.67. The summed E-state index contributed by atoms with van der Waals surface area (Å²) >= 11 is 8.83. The van der Waals surface area contributed by atoms with Crippen LogP contribution in [0.3, 0.4) is 0 Å². The van der Waals surface area contributed by atoms with Gasteiger partial charge in [-0.3, -0.25) is 0 Å². The van der Waals surface area contributed by atoms with Gasteiger partial charge in [0.15, 0.2) is 5.15 Å². The Bertz CT molecular complexity index is 488. The Kier molecular flexibility index (Phi) is 2.78. The van der Waals surface area contributed by atoms with Gasteiger partial charge in [-0.05, 0) is 26.4 Å². The molecule has 0 atom stereocenters. The molecular formula is C6H4BrClN6O. The van der Waals surface area contributed by atoms with Crippen LogP contribution in [-0.4, -0.2) is 37.3 Å². The summed E-state index contributed by atoms with van der Waals surface area (Å²) in [6, 6.07) is 0. The summed E-state index contributed by atoms with van der Waals surface area (Å²) in [5, 5.41) is 11.1. The first kappa shape index (κ1) is 10.2. The second-order valence-electron chi connectivity index (χ2n) is 2.39. The van der Waals surface area contributed by atoms with Crippen LogP contribution in [0.25, 0.3) is 5.82 Å². The monoisotopic (exact) mass is 290 g/mol. The SMILES string of the molecule is COc1nc(Cl)cnc1-n1nnnc1Br. The zero-order valence-corrected chi connectivity index (χ0v) is 9.77. The Morgan fingerprint density at radius 1 is 1.53 bits per heavy atom. The van der Waals surface area contributed by atoms with Gasteiger partial charge in [0.2, 0.25) is 10.6 Å². The number of tetrazole rings is 1. The third kappa shape index (κ3) is 1.90. The van der Waals surface area contributed by atoms with E-state index >= 15 is 0 Å². The van der Waals surface area contributed by atoms with Crippen molar-refractivity contribution in [2.45, 2.75) is 0 Å². The van der Waals surface area contributed by atoms with Gasteiger partial charge < -0.3 is 4.74 Å². The van der Waals surface area contributed by atoms with Crippen LogP contribution in [0, 0.1) is 0 Å². The number of rotatable bonds is 2. The summed E-state index contributed by atoms with van der Waals surface area (Å²) in [7, 11) is 1.46. The molecule has 7 nitrogen and oxygen atoms in total. The minimum absolute atomic E-state index is 0.236. The van der Waals surface area contributed by atoms with Crippen molar-refractivity contribution < 1.29 is 4.74 Å². The topological polar surface area (TPSA) is 78.6 Å². The molecule has 0 fully saturated rings. The fraction of sp³-hybridized carbons (Fsp3) is 0.167. The molecule has 0 radical (unpaired) electrons. The van der Waals surface area contributed by atoms with Crippen LogP contribution in [0.2, 0.25) is 5.15 Å². The molecular weight excluding hydrogens is 287 g/mol. The summed E-state index contributed by atoms with van der Waals surface area (Å²) in [5.74, 6) is 0.606. The molecule has 0 amide bonds. The average Bonchev–Trinajstić information content (AvgIpc) is 2.64.